The van der Waals surface area contributed by atoms with Crippen molar-refractivity contribution in [1.29, 1.82) is 0 Å². The van der Waals surface area contributed by atoms with Crippen LogP contribution in [0, 0.1) is 0 Å². The zero-order valence-corrected chi connectivity index (χ0v) is 16.4. The summed E-state index contributed by atoms with van der Waals surface area (Å²) < 4.78 is 7.11. The summed E-state index contributed by atoms with van der Waals surface area (Å²) in [5, 5.41) is 0. The van der Waals surface area contributed by atoms with Crippen LogP contribution in [0.2, 0.25) is 0 Å². The average molecular weight is 422 g/mol. The standard InChI is InChI=1S/C23H20BrNO2/c24-19-12-10-18(11-13-19)22(26)14-20-16-25(15-17-6-2-1-3-7-17)21-8-4-5-9-23(21)27-20/h1-13,20H,14-16H2/t20-/m0/s1. The predicted molar refractivity (Wildman–Crippen MR) is 111 cm³/mol. The third kappa shape index (κ3) is 4.22. The highest BCUT2D eigenvalue weighted by Crippen LogP contribution is 2.35. The molecule has 3 aromatic carbocycles. The molecule has 0 aliphatic carbocycles. The van der Waals surface area contributed by atoms with Gasteiger partial charge in [-0.05, 0) is 29.8 Å². The van der Waals surface area contributed by atoms with E-state index in [1.807, 2.05) is 48.5 Å². The van der Waals surface area contributed by atoms with E-state index in [4.69, 9.17) is 4.74 Å². The normalized spacial score (nSPS) is 15.7. The molecule has 1 atom stereocenters. The molecule has 0 spiro atoms. The van der Waals surface area contributed by atoms with E-state index in [0.29, 0.717) is 13.0 Å². The Kier molecular flexibility index (Phi) is 5.26. The molecular weight excluding hydrogens is 402 g/mol. The van der Waals surface area contributed by atoms with Crippen molar-refractivity contribution in [1.82, 2.24) is 0 Å². The molecule has 1 heterocycles. The van der Waals surface area contributed by atoms with Gasteiger partial charge in [-0.25, -0.2) is 0 Å². The molecule has 136 valence electrons. The first kappa shape index (κ1) is 17.8. The van der Waals surface area contributed by atoms with Crippen molar-refractivity contribution in [3.05, 3.63) is 94.5 Å². The number of hydrogen-bond donors (Lipinski definition) is 0. The van der Waals surface area contributed by atoms with E-state index in [1.165, 1.54) is 5.56 Å². The number of ketones is 1. The molecule has 0 saturated carbocycles. The Hall–Kier alpha value is -2.59. The molecule has 0 aromatic heterocycles. The summed E-state index contributed by atoms with van der Waals surface area (Å²) in [6.07, 6.45) is 0.195. The fraction of sp³-hybridized carbons (Fsp3) is 0.174. The van der Waals surface area contributed by atoms with Crippen LogP contribution in [0.25, 0.3) is 0 Å². The Labute approximate surface area is 167 Å². The van der Waals surface area contributed by atoms with Gasteiger partial charge in [0.2, 0.25) is 0 Å². The minimum atomic E-state index is -0.167. The zero-order chi connectivity index (χ0) is 18.6. The smallest absolute Gasteiger partial charge is 0.166 e. The van der Waals surface area contributed by atoms with Crippen LogP contribution in [0.3, 0.4) is 0 Å². The van der Waals surface area contributed by atoms with Crippen molar-refractivity contribution >= 4 is 27.4 Å². The van der Waals surface area contributed by atoms with Crippen molar-refractivity contribution < 1.29 is 9.53 Å². The number of Topliss-reactive ketones (excluding diaryl/α,β-unsaturated/α-hetero) is 1. The van der Waals surface area contributed by atoms with Gasteiger partial charge < -0.3 is 9.64 Å². The SMILES string of the molecule is O=C(C[C@H]1CN(Cc2ccccc2)c2ccccc2O1)c1ccc(Br)cc1. The van der Waals surface area contributed by atoms with Gasteiger partial charge in [-0.3, -0.25) is 4.79 Å². The van der Waals surface area contributed by atoms with Crippen LogP contribution in [0.1, 0.15) is 22.3 Å². The molecular formula is C23H20BrNO2. The van der Waals surface area contributed by atoms with Crippen LogP contribution >= 0.6 is 15.9 Å². The van der Waals surface area contributed by atoms with Gasteiger partial charge in [0, 0.05) is 23.0 Å². The third-order valence-corrected chi connectivity index (χ3v) is 5.25. The van der Waals surface area contributed by atoms with Crippen LogP contribution in [0.5, 0.6) is 5.75 Å². The number of ether oxygens (including phenoxy) is 1. The third-order valence-electron chi connectivity index (χ3n) is 4.72. The number of rotatable bonds is 5. The van der Waals surface area contributed by atoms with Crippen LogP contribution in [-0.4, -0.2) is 18.4 Å². The van der Waals surface area contributed by atoms with Crippen LogP contribution in [0.15, 0.2) is 83.3 Å². The molecule has 27 heavy (non-hydrogen) atoms. The summed E-state index contributed by atoms with van der Waals surface area (Å²) in [4.78, 5) is 15.0. The molecule has 0 radical (unpaired) electrons. The number of anilines is 1. The first-order chi connectivity index (χ1) is 13.2. The molecule has 3 nitrogen and oxygen atoms in total. The molecule has 1 aliphatic heterocycles. The number of nitrogens with zero attached hydrogens (tertiary/aromatic N) is 1. The number of benzene rings is 3. The van der Waals surface area contributed by atoms with E-state index in [2.05, 4.69) is 51.2 Å². The van der Waals surface area contributed by atoms with E-state index in [-0.39, 0.29) is 11.9 Å². The quantitative estimate of drug-likeness (QED) is 0.510. The molecule has 0 N–H and O–H groups in total. The van der Waals surface area contributed by atoms with Crippen molar-refractivity contribution in [3.63, 3.8) is 0 Å². The largest absolute Gasteiger partial charge is 0.486 e. The van der Waals surface area contributed by atoms with Gasteiger partial charge in [0.15, 0.2) is 5.78 Å². The fourth-order valence-corrected chi connectivity index (χ4v) is 3.66. The van der Waals surface area contributed by atoms with E-state index in [9.17, 15) is 4.79 Å². The second kappa shape index (κ2) is 7.97. The lowest BCUT2D eigenvalue weighted by Gasteiger charge is -2.36. The Morgan fingerprint density at radius 2 is 1.67 bits per heavy atom. The van der Waals surface area contributed by atoms with E-state index >= 15 is 0 Å². The van der Waals surface area contributed by atoms with Gasteiger partial charge in [0.1, 0.15) is 11.9 Å². The minimum absolute atomic E-state index is 0.103. The van der Waals surface area contributed by atoms with Gasteiger partial charge in [-0.15, -0.1) is 0 Å². The summed E-state index contributed by atoms with van der Waals surface area (Å²) in [6, 6.07) is 25.9. The number of carbonyl (C=O) groups is 1. The Morgan fingerprint density at radius 1 is 0.963 bits per heavy atom. The maximum Gasteiger partial charge on any atom is 0.166 e. The zero-order valence-electron chi connectivity index (χ0n) is 14.8. The highest BCUT2D eigenvalue weighted by molar-refractivity contribution is 9.10. The second-order valence-electron chi connectivity index (χ2n) is 6.71. The van der Waals surface area contributed by atoms with Gasteiger partial charge in [0.05, 0.1) is 12.2 Å². The fourth-order valence-electron chi connectivity index (χ4n) is 3.40. The predicted octanol–water partition coefficient (Wildman–Crippen LogP) is 5.49. The molecule has 0 amide bonds. The lowest BCUT2D eigenvalue weighted by atomic mass is 10.0. The first-order valence-corrected chi connectivity index (χ1v) is 9.81. The van der Waals surface area contributed by atoms with Crippen LogP contribution in [-0.2, 0) is 6.54 Å². The number of fused-ring (bicyclic) bond motifs is 1. The molecule has 0 bridgehead atoms. The topological polar surface area (TPSA) is 29.5 Å². The summed E-state index contributed by atoms with van der Waals surface area (Å²) in [6.45, 7) is 1.48. The Morgan fingerprint density at radius 3 is 2.44 bits per heavy atom. The van der Waals surface area contributed by atoms with E-state index < -0.39 is 0 Å². The maximum atomic E-state index is 12.7. The Bertz CT molecular complexity index is 925. The summed E-state index contributed by atoms with van der Waals surface area (Å²) in [7, 11) is 0. The number of carbonyl (C=O) groups excluding carboxylic acids is 1. The Balaban J connectivity index is 1.53. The summed E-state index contributed by atoms with van der Waals surface area (Å²) in [5.41, 5.74) is 3.04. The number of para-hydroxylation sites is 2. The number of hydrogen-bond acceptors (Lipinski definition) is 3. The maximum absolute atomic E-state index is 12.7. The second-order valence-corrected chi connectivity index (χ2v) is 7.62. The molecule has 4 rings (SSSR count). The highest BCUT2D eigenvalue weighted by atomic mass is 79.9. The average Bonchev–Trinajstić information content (AvgIpc) is 2.69. The first-order valence-electron chi connectivity index (χ1n) is 9.02. The van der Waals surface area contributed by atoms with Crippen LogP contribution < -0.4 is 9.64 Å². The van der Waals surface area contributed by atoms with Crippen molar-refractivity contribution in [2.24, 2.45) is 0 Å². The lowest BCUT2D eigenvalue weighted by molar-refractivity contribution is 0.0903. The van der Waals surface area contributed by atoms with Gasteiger partial charge >= 0.3 is 0 Å². The van der Waals surface area contributed by atoms with Crippen LogP contribution in [0.4, 0.5) is 5.69 Å². The molecule has 4 heteroatoms. The van der Waals surface area contributed by atoms with Gasteiger partial charge in [0.25, 0.3) is 0 Å². The van der Waals surface area contributed by atoms with Crippen molar-refractivity contribution in [3.8, 4) is 5.75 Å². The summed E-state index contributed by atoms with van der Waals surface area (Å²) in [5.74, 6) is 0.944. The number of halogens is 1. The molecule has 0 unspecified atom stereocenters. The highest BCUT2D eigenvalue weighted by Gasteiger charge is 2.27. The lowest BCUT2D eigenvalue weighted by Crippen LogP contribution is -2.40. The molecule has 3 aromatic rings. The molecule has 0 fully saturated rings. The summed E-state index contributed by atoms with van der Waals surface area (Å²) >= 11 is 3.41. The van der Waals surface area contributed by atoms with Crippen molar-refractivity contribution in [2.45, 2.75) is 19.1 Å². The minimum Gasteiger partial charge on any atom is -0.486 e. The van der Waals surface area contributed by atoms with Gasteiger partial charge in [-0.2, -0.15) is 0 Å². The van der Waals surface area contributed by atoms with Gasteiger partial charge in [-0.1, -0.05) is 70.5 Å². The monoisotopic (exact) mass is 421 g/mol. The van der Waals surface area contributed by atoms with E-state index in [1.54, 1.807) is 0 Å². The molecule has 0 saturated heterocycles. The van der Waals surface area contributed by atoms with E-state index in [0.717, 1.165) is 28.0 Å². The molecule has 1 aliphatic rings. The van der Waals surface area contributed by atoms with Crippen molar-refractivity contribution in [2.75, 3.05) is 11.4 Å².